The number of sulfonamides is 1. The number of anilines is 1. The van der Waals surface area contributed by atoms with Crippen LogP contribution in [0.15, 0.2) is 48.5 Å². The summed E-state index contributed by atoms with van der Waals surface area (Å²) in [6.45, 7) is 0.389. The number of carbonyl (C=O) groups is 1. The van der Waals surface area contributed by atoms with E-state index in [0.717, 1.165) is 24.0 Å². The quantitative estimate of drug-likeness (QED) is 0.697. The molecule has 0 aromatic heterocycles. The third kappa shape index (κ3) is 5.76. The fourth-order valence-corrected chi connectivity index (χ4v) is 3.51. The smallest absolute Gasteiger partial charge is 0.416 e. The highest BCUT2D eigenvalue weighted by atomic mass is 32.2. The molecular weight excluding hydrogens is 421 g/mol. The Morgan fingerprint density at radius 3 is 2.50 bits per heavy atom. The number of carbonyl (C=O) groups excluding carboxylic acids is 1. The third-order valence-electron chi connectivity index (χ3n) is 4.31. The van der Waals surface area contributed by atoms with Gasteiger partial charge in [0, 0.05) is 30.3 Å². The van der Waals surface area contributed by atoms with Crippen LogP contribution in [0.3, 0.4) is 0 Å². The van der Waals surface area contributed by atoms with E-state index in [2.05, 4.69) is 10.0 Å². The summed E-state index contributed by atoms with van der Waals surface area (Å²) < 4.78 is 68.7. The molecule has 1 amide bonds. The van der Waals surface area contributed by atoms with E-state index in [1.807, 2.05) is 0 Å². The molecule has 3 rings (SSSR count). The maximum Gasteiger partial charge on any atom is 0.416 e. The molecule has 0 fully saturated rings. The first kappa shape index (κ1) is 21.7. The van der Waals surface area contributed by atoms with Gasteiger partial charge in [0.05, 0.1) is 18.4 Å². The first-order valence-electron chi connectivity index (χ1n) is 8.91. The van der Waals surface area contributed by atoms with E-state index >= 15 is 0 Å². The monoisotopic (exact) mass is 440 g/mol. The zero-order valence-electron chi connectivity index (χ0n) is 15.9. The molecule has 0 spiro atoms. The molecule has 0 saturated heterocycles. The van der Waals surface area contributed by atoms with Gasteiger partial charge in [0.15, 0.2) is 0 Å². The predicted octanol–water partition coefficient (Wildman–Crippen LogP) is 3.56. The lowest BCUT2D eigenvalue weighted by Gasteiger charge is -2.21. The Morgan fingerprint density at radius 2 is 1.87 bits per heavy atom. The Balaban J connectivity index is 1.66. The number of alkyl halides is 3. The van der Waals surface area contributed by atoms with Crippen LogP contribution in [0, 0.1) is 0 Å². The molecule has 2 aromatic rings. The molecule has 30 heavy (non-hydrogen) atoms. The minimum absolute atomic E-state index is 0.101. The van der Waals surface area contributed by atoms with Crippen LogP contribution in [-0.2, 0) is 27.5 Å². The van der Waals surface area contributed by atoms with E-state index in [0.29, 0.717) is 23.2 Å². The van der Waals surface area contributed by atoms with Crippen molar-refractivity contribution in [3.8, 4) is 5.75 Å². The van der Waals surface area contributed by atoms with Gasteiger partial charge in [-0.2, -0.15) is 13.2 Å². The molecule has 2 aromatic carbocycles. The lowest BCUT2D eigenvalue weighted by atomic mass is 9.97. The number of nitrogens with one attached hydrogen (secondary N) is 2. The molecule has 0 radical (unpaired) electrons. The number of rotatable bonds is 5. The summed E-state index contributed by atoms with van der Waals surface area (Å²) in [5, 5.41) is 2.71. The van der Waals surface area contributed by atoms with E-state index in [9.17, 15) is 26.4 Å². The minimum Gasteiger partial charge on any atom is -0.493 e. The Kier molecular flexibility index (Phi) is 6.06. The predicted molar refractivity (Wildman–Crippen MR) is 106 cm³/mol. The molecule has 1 aliphatic heterocycles. The van der Waals surface area contributed by atoms with Crippen molar-refractivity contribution in [1.29, 1.82) is 0 Å². The van der Waals surface area contributed by atoms with Gasteiger partial charge in [0.1, 0.15) is 5.75 Å². The topological polar surface area (TPSA) is 84.5 Å². The van der Waals surface area contributed by atoms with Crippen molar-refractivity contribution in [2.24, 2.45) is 0 Å². The zero-order chi connectivity index (χ0) is 21.9. The van der Waals surface area contributed by atoms with Crippen LogP contribution in [0.4, 0.5) is 18.9 Å². The molecule has 6 nitrogen and oxygen atoms in total. The molecule has 0 aliphatic carbocycles. The number of fused-ring (bicyclic) bond motifs is 1. The number of halogens is 3. The van der Waals surface area contributed by atoms with Gasteiger partial charge in [-0.15, -0.1) is 0 Å². The van der Waals surface area contributed by atoms with Crippen LogP contribution >= 0.6 is 0 Å². The second-order valence-corrected chi connectivity index (χ2v) is 8.51. The normalized spacial score (nSPS) is 15.3. The van der Waals surface area contributed by atoms with Crippen molar-refractivity contribution in [2.75, 3.05) is 17.6 Å². The van der Waals surface area contributed by atoms with Crippen molar-refractivity contribution in [3.63, 3.8) is 0 Å². The highest BCUT2D eigenvalue weighted by molar-refractivity contribution is 7.92. The molecule has 0 bridgehead atoms. The van der Waals surface area contributed by atoms with Crippen LogP contribution in [0.2, 0.25) is 0 Å². The van der Waals surface area contributed by atoms with E-state index in [-0.39, 0.29) is 18.9 Å². The fraction of sp³-hybridized carbons (Fsp3) is 0.250. The third-order valence-corrected chi connectivity index (χ3v) is 4.92. The Labute approximate surface area is 171 Å². The highest BCUT2D eigenvalue weighted by Gasteiger charge is 2.32. The van der Waals surface area contributed by atoms with Gasteiger partial charge in [-0.1, -0.05) is 18.2 Å². The summed E-state index contributed by atoms with van der Waals surface area (Å²) in [5.41, 5.74) is 1.41. The molecular formula is C20H19F3N2O4S. The second-order valence-electron chi connectivity index (χ2n) is 6.77. The SMILES string of the molecule is CS(=O)(=O)Nc1ccc(CNC(=O)/C=C2\CCOc3cc(C(F)(F)F)ccc32)cc1. The summed E-state index contributed by atoms with van der Waals surface area (Å²) in [7, 11) is -3.37. The van der Waals surface area contributed by atoms with Gasteiger partial charge >= 0.3 is 6.18 Å². The number of hydrogen-bond acceptors (Lipinski definition) is 4. The van der Waals surface area contributed by atoms with Gasteiger partial charge in [0.2, 0.25) is 15.9 Å². The van der Waals surface area contributed by atoms with Crippen LogP contribution in [0.5, 0.6) is 5.75 Å². The van der Waals surface area contributed by atoms with Crippen molar-refractivity contribution >= 4 is 27.2 Å². The fourth-order valence-electron chi connectivity index (χ4n) is 2.94. The first-order chi connectivity index (χ1) is 14.0. The molecule has 10 heteroatoms. The molecule has 2 N–H and O–H groups in total. The number of ether oxygens (including phenoxy) is 1. The molecule has 1 aliphatic rings. The summed E-state index contributed by atoms with van der Waals surface area (Å²) in [6, 6.07) is 9.70. The van der Waals surface area contributed by atoms with Crippen molar-refractivity contribution in [2.45, 2.75) is 19.1 Å². The number of amides is 1. The number of hydrogen-bond donors (Lipinski definition) is 2. The largest absolute Gasteiger partial charge is 0.493 e. The first-order valence-corrected chi connectivity index (χ1v) is 10.8. The van der Waals surface area contributed by atoms with Crippen molar-refractivity contribution in [3.05, 3.63) is 65.2 Å². The Bertz CT molecular complexity index is 1080. The average Bonchev–Trinajstić information content (AvgIpc) is 2.65. The van der Waals surface area contributed by atoms with E-state index in [1.165, 1.54) is 12.1 Å². The van der Waals surface area contributed by atoms with Crippen LogP contribution in [0.25, 0.3) is 5.57 Å². The molecule has 0 saturated carbocycles. The maximum absolute atomic E-state index is 12.9. The van der Waals surface area contributed by atoms with Crippen LogP contribution in [0.1, 0.15) is 23.1 Å². The zero-order valence-corrected chi connectivity index (χ0v) is 16.7. The van der Waals surface area contributed by atoms with Gasteiger partial charge in [-0.25, -0.2) is 8.42 Å². The Morgan fingerprint density at radius 1 is 1.17 bits per heavy atom. The number of benzene rings is 2. The van der Waals surface area contributed by atoms with Crippen LogP contribution < -0.4 is 14.8 Å². The molecule has 0 atom stereocenters. The van der Waals surface area contributed by atoms with Gasteiger partial charge in [0.25, 0.3) is 0 Å². The highest BCUT2D eigenvalue weighted by Crippen LogP contribution is 2.38. The molecule has 160 valence electrons. The second kappa shape index (κ2) is 8.39. The van der Waals surface area contributed by atoms with Crippen molar-refractivity contribution < 1.29 is 31.1 Å². The maximum atomic E-state index is 12.9. The summed E-state index contributed by atoms with van der Waals surface area (Å²) >= 11 is 0. The summed E-state index contributed by atoms with van der Waals surface area (Å²) in [5.74, 6) is -0.292. The standard InChI is InChI=1S/C20H19F3N2O4S/c1-30(27,28)25-16-5-2-13(3-6-16)12-24-19(26)10-14-8-9-29-18-11-15(20(21,22)23)4-7-17(14)18/h2-7,10-11,25H,8-9,12H2,1H3,(H,24,26)/b14-10+. The van der Waals surface area contributed by atoms with E-state index in [4.69, 9.17) is 4.74 Å². The Hall–Kier alpha value is -3.01. The van der Waals surface area contributed by atoms with Gasteiger partial charge in [-0.05, 0) is 35.4 Å². The minimum atomic E-state index is -4.47. The van der Waals surface area contributed by atoms with Crippen molar-refractivity contribution in [1.82, 2.24) is 5.32 Å². The molecule has 1 heterocycles. The lowest BCUT2D eigenvalue weighted by molar-refractivity contribution is -0.137. The molecule has 0 unspecified atom stereocenters. The lowest BCUT2D eigenvalue weighted by Crippen LogP contribution is -2.21. The summed E-state index contributed by atoms with van der Waals surface area (Å²) in [6.07, 6.45) is -1.66. The summed E-state index contributed by atoms with van der Waals surface area (Å²) in [4.78, 5) is 12.3. The van der Waals surface area contributed by atoms with Crippen LogP contribution in [-0.4, -0.2) is 27.2 Å². The van der Waals surface area contributed by atoms with Gasteiger partial charge < -0.3 is 10.1 Å². The van der Waals surface area contributed by atoms with Gasteiger partial charge in [-0.3, -0.25) is 9.52 Å². The van der Waals surface area contributed by atoms with E-state index < -0.39 is 27.7 Å². The van der Waals surface area contributed by atoms with E-state index in [1.54, 1.807) is 24.3 Å². The average molecular weight is 440 g/mol.